The van der Waals surface area contributed by atoms with Crippen molar-refractivity contribution in [1.82, 2.24) is 10.6 Å². The molecule has 0 heterocycles. The van der Waals surface area contributed by atoms with Gasteiger partial charge in [0.2, 0.25) is 0 Å². The molecule has 0 fully saturated rings. The highest BCUT2D eigenvalue weighted by molar-refractivity contribution is 6.35. The molecule has 1 rings (SSSR count). The van der Waals surface area contributed by atoms with Crippen molar-refractivity contribution in [3.63, 3.8) is 0 Å². The lowest BCUT2D eigenvalue weighted by molar-refractivity contribution is -0.139. The zero-order chi connectivity index (χ0) is 15.0. The molecule has 1 aromatic carbocycles. The van der Waals surface area contributed by atoms with Gasteiger partial charge >= 0.3 is 11.8 Å². The van der Waals surface area contributed by atoms with Crippen molar-refractivity contribution in [2.45, 2.75) is 32.7 Å². The van der Waals surface area contributed by atoms with Crippen molar-refractivity contribution >= 4 is 11.8 Å². The molecule has 0 aliphatic heterocycles. The van der Waals surface area contributed by atoms with Crippen LogP contribution in [0.1, 0.15) is 37.3 Å². The molecule has 3 N–H and O–H groups in total. The molecular formula is C15H22N2O3. The fraction of sp³-hybridized carbons (Fsp3) is 0.467. The van der Waals surface area contributed by atoms with E-state index in [0.717, 1.165) is 5.56 Å². The molecular weight excluding hydrogens is 256 g/mol. The highest BCUT2D eigenvalue weighted by Crippen LogP contribution is 2.14. The molecule has 0 unspecified atom stereocenters. The Morgan fingerprint density at radius 1 is 1.10 bits per heavy atom. The molecule has 110 valence electrons. The van der Waals surface area contributed by atoms with Gasteiger partial charge in [-0.2, -0.15) is 0 Å². The molecule has 0 spiro atoms. The van der Waals surface area contributed by atoms with Gasteiger partial charge in [0.1, 0.15) is 0 Å². The van der Waals surface area contributed by atoms with Gasteiger partial charge in [-0.25, -0.2) is 0 Å². The third-order valence-electron chi connectivity index (χ3n) is 2.93. The predicted octanol–water partition coefficient (Wildman–Crippen LogP) is 0.925. The lowest BCUT2D eigenvalue weighted by Gasteiger charge is -2.08. The van der Waals surface area contributed by atoms with E-state index in [4.69, 9.17) is 5.11 Å². The zero-order valence-corrected chi connectivity index (χ0v) is 12.0. The average molecular weight is 278 g/mol. The fourth-order valence-corrected chi connectivity index (χ4v) is 1.64. The van der Waals surface area contributed by atoms with Crippen LogP contribution in [0.3, 0.4) is 0 Å². The van der Waals surface area contributed by atoms with Crippen molar-refractivity contribution in [3.8, 4) is 0 Å². The molecule has 0 atom stereocenters. The van der Waals surface area contributed by atoms with Crippen LogP contribution in [0.5, 0.6) is 0 Å². The van der Waals surface area contributed by atoms with E-state index in [2.05, 4.69) is 24.5 Å². The topological polar surface area (TPSA) is 78.4 Å². The Hall–Kier alpha value is -1.88. The SMILES string of the molecule is CC(C)c1ccc(CNC(=O)C(=O)NCCCO)cc1. The van der Waals surface area contributed by atoms with Crippen LogP contribution in [0.4, 0.5) is 0 Å². The summed E-state index contributed by atoms with van der Waals surface area (Å²) in [5.41, 5.74) is 2.19. The summed E-state index contributed by atoms with van der Waals surface area (Å²) in [6, 6.07) is 7.93. The Morgan fingerprint density at radius 2 is 1.70 bits per heavy atom. The van der Waals surface area contributed by atoms with Gasteiger partial charge in [-0.3, -0.25) is 9.59 Å². The molecule has 0 aromatic heterocycles. The number of aliphatic hydroxyl groups is 1. The van der Waals surface area contributed by atoms with Gasteiger partial charge < -0.3 is 15.7 Å². The predicted molar refractivity (Wildman–Crippen MR) is 77.1 cm³/mol. The summed E-state index contributed by atoms with van der Waals surface area (Å²) in [6.45, 7) is 4.85. The lowest BCUT2D eigenvalue weighted by atomic mass is 10.0. The lowest BCUT2D eigenvalue weighted by Crippen LogP contribution is -2.40. The van der Waals surface area contributed by atoms with Gasteiger partial charge in [0, 0.05) is 19.7 Å². The van der Waals surface area contributed by atoms with Crippen LogP contribution < -0.4 is 10.6 Å². The number of aliphatic hydroxyl groups excluding tert-OH is 1. The van der Waals surface area contributed by atoms with Crippen LogP contribution in [0.2, 0.25) is 0 Å². The maximum atomic E-state index is 11.5. The average Bonchev–Trinajstić information content (AvgIpc) is 2.45. The Balaban J connectivity index is 2.38. The normalized spacial score (nSPS) is 10.4. The number of hydrogen-bond acceptors (Lipinski definition) is 3. The van der Waals surface area contributed by atoms with Crippen LogP contribution in [0, 0.1) is 0 Å². The van der Waals surface area contributed by atoms with E-state index in [9.17, 15) is 9.59 Å². The molecule has 0 aliphatic rings. The summed E-state index contributed by atoms with van der Waals surface area (Å²) in [6.07, 6.45) is 0.440. The molecule has 0 saturated heterocycles. The Morgan fingerprint density at radius 3 is 2.25 bits per heavy atom. The number of rotatable bonds is 6. The summed E-state index contributed by atoms with van der Waals surface area (Å²) >= 11 is 0. The molecule has 20 heavy (non-hydrogen) atoms. The van der Waals surface area contributed by atoms with Crippen LogP contribution in [-0.4, -0.2) is 30.1 Å². The standard InChI is InChI=1S/C15H22N2O3/c1-11(2)13-6-4-12(5-7-13)10-17-15(20)14(19)16-8-3-9-18/h4-7,11,18H,3,8-10H2,1-2H3,(H,16,19)(H,17,20). The first-order valence-electron chi connectivity index (χ1n) is 6.80. The number of benzene rings is 1. The van der Waals surface area contributed by atoms with Crippen LogP contribution in [0.15, 0.2) is 24.3 Å². The molecule has 0 bridgehead atoms. The molecule has 5 heteroatoms. The van der Waals surface area contributed by atoms with Crippen LogP contribution >= 0.6 is 0 Å². The van der Waals surface area contributed by atoms with E-state index in [0.29, 0.717) is 25.4 Å². The molecule has 1 aromatic rings. The van der Waals surface area contributed by atoms with Crippen LogP contribution in [0.25, 0.3) is 0 Å². The number of hydrogen-bond donors (Lipinski definition) is 3. The maximum Gasteiger partial charge on any atom is 0.309 e. The second-order valence-electron chi connectivity index (χ2n) is 4.91. The third-order valence-corrected chi connectivity index (χ3v) is 2.93. The summed E-state index contributed by atoms with van der Waals surface area (Å²) in [7, 11) is 0. The number of carbonyl (C=O) groups excluding carboxylic acids is 2. The van der Waals surface area contributed by atoms with Crippen LogP contribution in [-0.2, 0) is 16.1 Å². The molecule has 0 saturated carbocycles. The molecule has 0 radical (unpaired) electrons. The first kappa shape index (κ1) is 16.2. The highest BCUT2D eigenvalue weighted by Gasteiger charge is 2.11. The highest BCUT2D eigenvalue weighted by atomic mass is 16.3. The van der Waals surface area contributed by atoms with Crippen molar-refractivity contribution in [2.75, 3.05) is 13.2 Å². The van der Waals surface area contributed by atoms with Gasteiger partial charge in [0.15, 0.2) is 0 Å². The summed E-state index contributed by atoms with van der Waals surface area (Å²) in [4.78, 5) is 22.9. The van der Waals surface area contributed by atoms with E-state index in [1.807, 2.05) is 24.3 Å². The molecule has 5 nitrogen and oxygen atoms in total. The second kappa shape index (κ2) is 8.32. The minimum Gasteiger partial charge on any atom is -0.396 e. The van der Waals surface area contributed by atoms with Gasteiger partial charge in [-0.05, 0) is 23.5 Å². The minimum absolute atomic E-state index is 0.00982. The summed E-state index contributed by atoms with van der Waals surface area (Å²) in [5, 5.41) is 13.6. The van der Waals surface area contributed by atoms with Gasteiger partial charge in [-0.1, -0.05) is 38.1 Å². The van der Waals surface area contributed by atoms with E-state index >= 15 is 0 Å². The monoisotopic (exact) mass is 278 g/mol. The summed E-state index contributed by atoms with van der Waals surface area (Å²) < 4.78 is 0. The van der Waals surface area contributed by atoms with Gasteiger partial charge in [0.05, 0.1) is 0 Å². The second-order valence-corrected chi connectivity index (χ2v) is 4.91. The Labute approximate surface area is 119 Å². The van der Waals surface area contributed by atoms with E-state index in [1.165, 1.54) is 5.56 Å². The molecule has 0 aliphatic carbocycles. The quantitative estimate of drug-likeness (QED) is 0.535. The van der Waals surface area contributed by atoms with Gasteiger partial charge in [-0.15, -0.1) is 0 Å². The maximum absolute atomic E-state index is 11.5. The Kier molecular flexibility index (Phi) is 6.73. The van der Waals surface area contributed by atoms with Crippen molar-refractivity contribution in [1.29, 1.82) is 0 Å². The first-order chi connectivity index (χ1) is 9.54. The minimum atomic E-state index is -0.669. The van der Waals surface area contributed by atoms with E-state index < -0.39 is 11.8 Å². The van der Waals surface area contributed by atoms with Crippen molar-refractivity contribution < 1.29 is 14.7 Å². The first-order valence-corrected chi connectivity index (χ1v) is 6.80. The number of nitrogens with one attached hydrogen (secondary N) is 2. The zero-order valence-electron chi connectivity index (χ0n) is 12.0. The van der Waals surface area contributed by atoms with Crippen molar-refractivity contribution in [3.05, 3.63) is 35.4 Å². The third kappa shape index (κ3) is 5.40. The smallest absolute Gasteiger partial charge is 0.309 e. The van der Waals surface area contributed by atoms with E-state index in [1.54, 1.807) is 0 Å². The van der Waals surface area contributed by atoms with E-state index in [-0.39, 0.29) is 6.61 Å². The summed E-state index contributed by atoms with van der Waals surface area (Å²) in [5.74, 6) is -0.857. The molecule has 2 amide bonds. The number of amides is 2. The number of carbonyl (C=O) groups is 2. The fourth-order valence-electron chi connectivity index (χ4n) is 1.64. The van der Waals surface area contributed by atoms with Crippen molar-refractivity contribution in [2.24, 2.45) is 0 Å². The largest absolute Gasteiger partial charge is 0.396 e. The van der Waals surface area contributed by atoms with Gasteiger partial charge in [0.25, 0.3) is 0 Å². The Bertz CT molecular complexity index is 441.